The highest BCUT2D eigenvalue weighted by molar-refractivity contribution is 5.20. The quantitative estimate of drug-likeness (QED) is 0.434. The van der Waals surface area contributed by atoms with Crippen LogP contribution in [0, 0.1) is 5.92 Å². The molecular formula is C28H32NO+. The van der Waals surface area contributed by atoms with E-state index < -0.39 is 0 Å². The Morgan fingerprint density at radius 2 is 1.30 bits per heavy atom. The third-order valence-electron chi connectivity index (χ3n) is 7.33. The summed E-state index contributed by atoms with van der Waals surface area (Å²) in [6, 6.07) is 33.2. The van der Waals surface area contributed by atoms with Crippen LogP contribution in [0.3, 0.4) is 0 Å². The molecule has 3 aromatic rings. The van der Waals surface area contributed by atoms with E-state index in [2.05, 4.69) is 91.0 Å². The van der Waals surface area contributed by atoms with Gasteiger partial charge in [0.25, 0.3) is 0 Å². The van der Waals surface area contributed by atoms with Gasteiger partial charge in [-0.3, -0.25) is 0 Å². The number of hydrogen-bond donors (Lipinski definition) is 0. The van der Waals surface area contributed by atoms with E-state index in [-0.39, 0.29) is 6.10 Å². The summed E-state index contributed by atoms with van der Waals surface area (Å²) in [5.41, 5.74) is 4.04. The third kappa shape index (κ3) is 4.08. The maximum Gasteiger partial charge on any atom is 0.135 e. The van der Waals surface area contributed by atoms with Crippen molar-refractivity contribution in [3.05, 3.63) is 108 Å². The van der Waals surface area contributed by atoms with Gasteiger partial charge in [-0.05, 0) is 29.9 Å². The molecule has 3 fully saturated rings. The third-order valence-corrected chi connectivity index (χ3v) is 7.33. The number of quaternary nitrogens is 1. The molecule has 2 atom stereocenters. The first-order chi connectivity index (χ1) is 14.8. The van der Waals surface area contributed by atoms with Gasteiger partial charge in [-0.25, -0.2) is 0 Å². The second-order valence-corrected chi connectivity index (χ2v) is 9.18. The van der Waals surface area contributed by atoms with Crippen LogP contribution in [-0.2, 0) is 17.9 Å². The Morgan fingerprint density at radius 1 is 0.733 bits per heavy atom. The minimum atomic E-state index is 0.137. The molecule has 2 nitrogen and oxygen atoms in total. The fraction of sp³-hybridized carbons (Fsp3) is 0.357. The number of hydrogen-bond acceptors (Lipinski definition) is 1. The van der Waals surface area contributed by atoms with Crippen molar-refractivity contribution in [2.75, 3.05) is 13.1 Å². The van der Waals surface area contributed by atoms with Crippen molar-refractivity contribution in [1.29, 1.82) is 0 Å². The van der Waals surface area contributed by atoms with Gasteiger partial charge >= 0.3 is 0 Å². The van der Waals surface area contributed by atoms with Crippen LogP contribution in [0.4, 0.5) is 0 Å². The zero-order valence-corrected chi connectivity index (χ0v) is 17.7. The number of ether oxygens (including phenoxy) is 1. The topological polar surface area (TPSA) is 9.23 Å². The van der Waals surface area contributed by atoms with Crippen molar-refractivity contribution in [1.82, 2.24) is 0 Å². The summed E-state index contributed by atoms with van der Waals surface area (Å²) < 4.78 is 7.93. The first kappa shape index (κ1) is 19.5. The molecule has 2 heteroatoms. The highest BCUT2D eigenvalue weighted by Crippen LogP contribution is 2.46. The predicted molar refractivity (Wildman–Crippen MR) is 122 cm³/mol. The zero-order chi connectivity index (χ0) is 20.2. The lowest BCUT2D eigenvalue weighted by molar-refractivity contribution is -0.982. The lowest BCUT2D eigenvalue weighted by atomic mass is 9.77. The smallest absolute Gasteiger partial charge is 0.135 e. The number of rotatable bonds is 7. The van der Waals surface area contributed by atoms with Gasteiger partial charge in [-0.15, -0.1) is 0 Å². The Balaban J connectivity index is 1.46. The summed E-state index contributed by atoms with van der Waals surface area (Å²) in [6.45, 7) is 4.35. The molecule has 3 aromatic carbocycles. The van der Waals surface area contributed by atoms with Gasteiger partial charge < -0.3 is 9.22 Å². The van der Waals surface area contributed by atoms with Crippen LogP contribution in [-0.4, -0.2) is 23.6 Å². The van der Waals surface area contributed by atoms with Crippen LogP contribution in [0.2, 0.25) is 0 Å². The average molecular weight is 399 g/mol. The molecular weight excluding hydrogens is 366 g/mol. The van der Waals surface area contributed by atoms with Crippen LogP contribution in [0.5, 0.6) is 0 Å². The van der Waals surface area contributed by atoms with E-state index in [1.54, 1.807) is 0 Å². The van der Waals surface area contributed by atoms with E-state index >= 15 is 0 Å². The van der Waals surface area contributed by atoms with Gasteiger partial charge in [0, 0.05) is 12.0 Å². The lowest BCUT2D eigenvalue weighted by Gasteiger charge is -2.56. The van der Waals surface area contributed by atoms with E-state index in [0.717, 1.165) is 12.5 Å². The molecule has 3 heterocycles. The van der Waals surface area contributed by atoms with Gasteiger partial charge in [0.05, 0.1) is 19.7 Å². The molecule has 0 radical (unpaired) electrons. The molecule has 30 heavy (non-hydrogen) atoms. The van der Waals surface area contributed by atoms with Crippen LogP contribution in [0.25, 0.3) is 0 Å². The minimum Gasteiger partial charge on any atom is -0.363 e. The van der Waals surface area contributed by atoms with E-state index in [9.17, 15) is 0 Å². The Hall–Kier alpha value is -2.42. The van der Waals surface area contributed by atoms with Crippen molar-refractivity contribution in [3.8, 4) is 0 Å². The number of benzene rings is 3. The number of nitrogens with zero attached hydrogens (tertiary/aromatic N) is 1. The fourth-order valence-corrected chi connectivity index (χ4v) is 5.73. The van der Waals surface area contributed by atoms with Crippen molar-refractivity contribution in [2.24, 2.45) is 5.92 Å². The second-order valence-electron chi connectivity index (χ2n) is 9.18. The molecule has 0 unspecified atom stereocenters. The van der Waals surface area contributed by atoms with Crippen molar-refractivity contribution in [3.63, 3.8) is 0 Å². The molecule has 154 valence electrons. The molecule has 0 aromatic heterocycles. The summed E-state index contributed by atoms with van der Waals surface area (Å²) in [5.74, 6) is 0.859. The maximum atomic E-state index is 6.75. The van der Waals surface area contributed by atoms with E-state index in [4.69, 9.17) is 4.74 Å². The fourth-order valence-electron chi connectivity index (χ4n) is 5.73. The van der Waals surface area contributed by atoms with Crippen LogP contribution in [0.1, 0.15) is 42.1 Å². The lowest BCUT2D eigenvalue weighted by Crippen LogP contribution is -2.65. The summed E-state index contributed by atoms with van der Waals surface area (Å²) >= 11 is 0. The summed E-state index contributed by atoms with van der Waals surface area (Å²) in [7, 11) is 0. The largest absolute Gasteiger partial charge is 0.363 e. The maximum absolute atomic E-state index is 6.75. The molecule has 0 aliphatic carbocycles. The Labute approximate surface area is 180 Å². The highest BCUT2D eigenvalue weighted by atomic mass is 16.5. The van der Waals surface area contributed by atoms with Gasteiger partial charge in [-0.1, -0.05) is 91.0 Å². The zero-order valence-electron chi connectivity index (χ0n) is 17.7. The van der Waals surface area contributed by atoms with E-state index in [0.29, 0.717) is 12.6 Å². The molecule has 3 saturated heterocycles. The SMILES string of the molecule is c1ccc(CO[C@@H](c2ccccc2)[C@H]2CC3CC[N+]2(Cc2ccccc2)CC3)cc1. The molecule has 3 aliphatic heterocycles. The van der Waals surface area contributed by atoms with Gasteiger partial charge in [0.2, 0.25) is 0 Å². The Bertz CT molecular complexity index is 917. The summed E-state index contributed by atoms with van der Waals surface area (Å²) in [5, 5.41) is 0. The van der Waals surface area contributed by atoms with Gasteiger partial charge in [0.15, 0.2) is 0 Å². The first-order valence-electron chi connectivity index (χ1n) is 11.4. The van der Waals surface area contributed by atoms with Crippen LogP contribution < -0.4 is 0 Å². The number of fused-ring (bicyclic) bond motifs is 3. The first-order valence-corrected chi connectivity index (χ1v) is 11.4. The summed E-state index contributed by atoms with van der Waals surface area (Å²) in [6.07, 6.45) is 4.15. The highest BCUT2D eigenvalue weighted by Gasteiger charge is 2.51. The minimum absolute atomic E-state index is 0.137. The molecule has 0 amide bonds. The molecule has 3 aliphatic rings. The second kappa shape index (κ2) is 8.75. The molecule has 6 rings (SSSR count). The monoisotopic (exact) mass is 398 g/mol. The standard InChI is InChI=1S/C28H32NO/c1-4-10-24(11-5-1)21-29-18-16-23(17-19-29)20-27(29)28(26-14-8-3-9-15-26)30-22-25-12-6-2-7-13-25/h1-15,23,27-28H,16-22H2/q+1/t23?,27-,28+,29?/m1/s1. The van der Waals surface area contributed by atoms with Crippen molar-refractivity contribution < 1.29 is 9.22 Å². The number of piperidine rings is 3. The van der Waals surface area contributed by atoms with Crippen molar-refractivity contribution in [2.45, 2.75) is 44.6 Å². The molecule has 0 spiro atoms. The van der Waals surface area contributed by atoms with E-state index in [1.165, 1.54) is 53.5 Å². The van der Waals surface area contributed by atoms with Gasteiger partial charge in [-0.2, -0.15) is 0 Å². The predicted octanol–water partition coefficient (Wildman–Crippen LogP) is 6.14. The summed E-state index contributed by atoms with van der Waals surface area (Å²) in [4.78, 5) is 0. The Kier molecular flexibility index (Phi) is 5.70. The molecule has 2 bridgehead atoms. The van der Waals surface area contributed by atoms with Crippen LogP contribution >= 0.6 is 0 Å². The Morgan fingerprint density at radius 3 is 1.93 bits per heavy atom. The van der Waals surface area contributed by atoms with Gasteiger partial charge in [0.1, 0.15) is 18.7 Å². The normalized spacial score (nSPS) is 26.4. The molecule has 0 saturated carbocycles. The average Bonchev–Trinajstić information content (AvgIpc) is 2.82. The van der Waals surface area contributed by atoms with E-state index in [1.807, 2.05) is 0 Å². The van der Waals surface area contributed by atoms with Crippen LogP contribution in [0.15, 0.2) is 91.0 Å². The van der Waals surface area contributed by atoms with Crippen molar-refractivity contribution >= 4 is 0 Å². The molecule has 0 N–H and O–H groups in total.